The molecule has 1 N–H and O–H groups in total. The second kappa shape index (κ2) is 7.18. The van der Waals surface area contributed by atoms with Crippen molar-refractivity contribution in [2.45, 2.75) is 31.5 Å². The topological polar surface area (TPSA) is 24.5 Å². The Labute approximate surface area is 100 Å². The lowest BCUT2D eigenvalue weighted by Gasteiger charge is -2.23. The van der Waals surface area contributed by atoms with Gasteiger partial charge in [-0.1, -0.05) is 0 Å². The molecule has 1 saturated heterocycles. The summed E-state index contributed by atoms with van der Waals surface area (Å²) in [5, 5.41) is 3.24. The van der Waals surface area contributed by atoms with Crippen molar-refractivity contribution in [2.75, 3.05) is 39.8 Å². The molecular weight excluding hydrogens is 233 g/mol. The van der Waals surface area contributed by atoms with Crippen molar-refractivity contribution >= 4 is 0 Å². The Hall–Kier alpha value is -0.330. The highest BCUT2D eigenvalue weighted by Crippen LogP contribution is 2.15. The predicted octanol–water partition coefficient (Wildman–Crippen LogP) is 1.64. The fourth-order valence-electron chi connectivity index (χ4n) is 1.93. The highest BCUT2D eigenvalue weighted by atomic mass is 19.4. The van der Waals surface area contributed by atoms with E-state index in [4.69, 9.17) is 4.74 Å². The highest BCUT2D eigenvalue weighted by molar-refractivity contribution is 4.68. The fraction of sp³-hybridized carbons (Fsp3) is 1.00. The lowest BCUT2D eigenvalue weighted by atomic mass is 10.1. The second-order valence-corrected chi connectivity index (χ2v) is 4.53. The number of piperidine rings is 1. The van der Waals surface area contributed by atoms with Crippen molar-refractivity contribution in [1.82, 2.24) is 10.2 Å². The molecule has 0 aromatic carbocycles. The molecule has 0 bridgehead atoms. The van der Waals surface area contributed by atoms with Gasteiger partial charge in [0.15, 0.2) is 0 Å². The predicted molar refractivity (Wildman–Crippen MR) is 60.0 cm³/mol. The summed E-state index contributed by atoms with van der Waals surface area (Å²) in [6.07, 6.45) is -1.18. The highest BCUT2D eigenvalue weighted by Gasteiger charge is 2.28. The van der Waals surface area contributed by atoms with Crippen molar-refractivity contribution in [3.05, 3.63) is 0 Å². The molecule has 102 valence electrons. The molecule has 17 heavy (non-hydrogen) atoms. The smallest absolute Gasteiger partial charge is 0.378 e. The maximum Gasteiger partial charge on any atom is 0.401 e. The number of alkyl halides is 3. The Morgan fingerprint density at radius 2 is 1.94 bits per heavy atom. The summed E-state index contributed by atoms with van der Waals surface area (Å²) in [7, 11) is 1.48. The molecule has 0 aliphatic carbocycles. The molecule has 0 spiro atoms. The van der Waals surface area contributed by atoms with Crippen LogP contribution in [0.2, 0.25) is 0 Å². The SMILES string of the molecule is CN(CCCOC1CCNCC1)CC(F)(F)F. The van der Waals surface area contributed by atoms with Crippen molar-refractivity contribution in [1.29, 1.82) is 0 Å². The summed E-state index contributed by atoms with van der Waals surface area (Å²) in [5.74, 6) is 0. The molecule has 0 atom stereocenters. The number of nitrogens with zero attached hydrogens (tertiary/aromatic N) is 1. The summed E-state index contributed by atoms with van der Waals surface area (Å²) < 4.78 is 41.7. The van der Waals surface area contributed by atoms with Crippen LogP contribution >= 0.6 is 0 Å². The van der Waals surface area contributed by atoms with Crippen LogP contribution in [0.1, 0.15) is 19.3 Å². The maximum atomic E-state index is 12.0. The Kier molecular flexibility index (Phi) is 6.22. The standard InChI is InChI=1S/C11H21F3N2O/c1-16(9-11(12,13)14)7-2-8-17-10-3-5-15-6-4-10/h10,15H,2-9H2,1H3. The molecule has 1 heterocycles. The van der Waals surface area contributed by atoms with Gasteiger partial charge in [-0.25, -0.2) is 0 Å². The van der Waals surface area contributed by atoms with Crippen LogP contribution in [0.15, 0.2) is 0 Å². The Bertz CT molecular complexity index is 205. The van der Waals surface area contributed by atoms with Gasteiger partial charge in [0.25, 0.3) is 0 Å². The second-order valence-electron chi connectivity index (χ2n) is 4.53. The summed E-state index contributed by atoms with van der Waals surface area (Å²) in [4.78, 5) is 1.28. The Morgan fingerprint density at radius 3 is 2.53 bits per heavy atom. The van der Waals surface area contributed by atoms with E-state index in [9.17, 15) is 13.2 Å². The third kappa shape index (κ3) is 7.57. The van der Waals surface area contributed by atoms with Crippen LogP contribution in [-0.2, 0) is 4.74 Å². The minimum Gasteiger partial charge on any atom is -0.378 e. The molecular formula is C11H21F3N2O. The first-order valence-corrected chi connectivity index (χ1v) is 6.05. The van der Waals surface area contributed by atoms with Crippen molar-refractivity contribution in [2.24, 2.45) is 0 Å². The van der Waals surface area contributed by atoms with Crippen LogP contribution in [0.4, 0.5) is 13.2 Å². The van der Waals surface area contributed by atoms with E-state index in [1.807, 2.05) is 0 Å². The molecule has 0 aromatic rings. The van der Waals surface area contributed by atoms with E-state index >= 15 is 0 Å². The first-order valence-electron chi connectivity index (χ1n) is 6.05. The minimum absolute atomic E-state index is 0.282. The van der Waals surface area contributed by atoms with Crippen LogP contribution in [0.5, 0.6) is 0 Å². The number of hydrogen-bond donors (Lipinski definition) is 1. The minimum atomic E-state index is -4.11. The molecule has 3 nitrogen and oxygen atoms in total. The van der Waals surface area contributed by atoms with Crippen LogP contribution < -0.4 is 5.32 Å². The van der Waals surface area contributed by atoms with Crippen LogP contribution in [0.25, 0.3) is 0 Å². The molecule has 0 aromatic heterocycles. The van der Waals surface area contributed by atoms with Gasteiger partial charge in [0.05, 0.1) is 12.6 Å². The zero-order chi connectivity index (χ0) is 12.7. The van der Waals surface area contributed by atoms with Crippen molar-refractivity contribution < 1.29 is 17.9 Å². The van der Waals surface area contributed by atoms with E-state index in [-0.39, 0.29) is 6.10 Å². The molecule has 0 unspecified atom stereocenters. The summed E-state index contributed by atoms with van der Waals surface area (Å²) in [6.45, 7) is 2.06. The Morgan fingerprint density at radius 1 is 1.29 bits per heavy atom. The molecule has 0 amide bonds. The average Bonchev–Trinajstić information content (AvgIpc) is 2.23. The van der Waals surface area contributed by atoms with Gasteiger partial charge in [-0.05, 0) is 39.4 Å². The third-order valence-electron chi connectivity index (χ3n) is 2.77. The number of halogens is 3. The van der Waals surface area contributed by atoms with Gasteiger partial charge in [-0.15, -0.1) is 0 Å². The van der Waals surface area contributed by atoms with Crippen molar-refractivity contribution in [3.63, 3.8) is 0 Å². The van der Waals surface area contributed by atoms with E-state index in [0.29, 0.717) is 19.6 Å². The molecule has 6 heteroatoms. The fourth-order valence-corrected chi connectivity index (χ4v) is 1.93. The van der Waals surface area contributed by atoms with E-state index < -0.39 is 12.7 Å². The van der Waals surface area contributed by atoms with Gasteiger partial charge in [0.1, 0.15) is 0 Å². The monoisotopic (exact) mass is 254 g/mol. The average molecular weight is 254 g/mol. The Balaban J connectivity index is 1.99. The lowest BCUT2D eigenvalue weighted by Crippen LogP contribution is -2.34. The lowest BCUT2D eigenvalue weighted by molar-refractivity contribution is -0.143. The van der Waals surface area contributed by atoms with Gasteiger partial charge in [0, 0.05) is 13.2 Å². The maximum absolute atomic E-state index is 12.0. The summed E-state index contributed by atoms with van der Waals surface area (Å²) in [6, 6.07) is 0. The molecule has 1 fully saturated rings. The normalized spacial score (nSPS) is 18.9. The number of hydrogen-bond acceptors (Lipinski definition) is 3. The zero-order valence-electron chi connectivity index (χ0n) is 10.2. The van der Waals surface area contributed by atoms with E-state index in [0.717, 1.165) is 25.9 Å². The van der Waals surface area contributed by atoms with Crippen molar-refractivity contribution in [3.8, 4) is 0 Å². The number of rotatable bonds is 6. The molecule has 1 aliphatic heterocycles. The van der Waals surface area contributed by atoms with E-state index in [1.54, 1.807) is 0 Å². The van der Waals surface area contributed by atoms with Gasteiger partial charge in [0.2, 0.25) is 0 Å². The number of ether oxygens (including phenoxy) is 1. The first kappa shape index (κ1) is 14.7. The largest absolute Gasteiger partial charge is 0.401 e. The van der Waals surface area contributed by atoms with Crippen LogP contribution in [0, 0.1) is 0 Å². The molecule has 1 aliphatic rings. The first-order chi connectivity index (χ1) is 7.97. The zero-order valence-corrected chi connectivity index (χ0v) is 10.2. The van der Waals surface area contributed by atoms with Crippen LogP contribution in [-0.4, -0.2) is 57.0 Å². The molecule has 0 saturated carbocycles. The quantitative estimate of drug-likeness (QED) is 0.729. The van der Waals surface area contributed by atoms with Gasteiger partial charge < -0.3 is 10.1 Å². The summed E-state index contributed by atoms with van der Waals surface area (Å²) >= 11 is 0. The van der Waals surface area contributed by atoms with Gasteiger partial charge in [-0.2, -0.15) is 13.2 Å². The summed E-state index contributed by atoms with van der Waals surface area (Å²) in [5.41, 5.74) is 0. The van der Waals surface area contributed by atoms with Gasteiger partial charge in [-0.3, -0.25) is 4.90 Å². The molecule has 1 rings (SSSR count). The molecule has 0 radical (unpaired) electrons. The van der Waals surface area contributed by atoms with Gasteiger partial charge >= 0.3 is 6.18 Å². The third-order valence-corrected chi connectivity index (χ3v) is 2.77. The van der Waals surface area contributed by atoms with E-state index in [1.165, 1.54) is 11.9 Å². The van der Waals surface area contributed by atoms with E-state index in [2.05, 4.69) is 5.32 Å². The van der Waals surface area contributed by atoms with Crippen LogP contribution in [0.3, 0.4) is 0 Å². The number of nitrogens with one attached hydrogen (secondary N) is 1.